The monoisotopic (exact) mass is 297 g/mol. The van der Waals surface area contributed by atoms with E-state index in [9.17, 15) is 0 Å². The number of aromatic amines is 1. The van der Waals surface area contributed by atoms with Gasteiger partial charge in [0.1, 0.15) is 5.75 Å². The minimum absolute atomic E-state index is 0.614. The summed E-state index contributed by atoms with van der Waals surface area (Å²) in [4.78, 5) is 3.42. The van der Waals surface area contributed by atoms with Crippen molar-refractivity contribution in [3.05, 3.63) is 65.3 Å². The minimum Gasteiger partial charge on any atom is -0.495 e. The van der Waals surface area contributed by atoms with Gasteiger partial charge in [0.2, 0.25) is 0 Å². The number of H-pyrrole nitrogens is 1. The van der Waals surface area contributed by atoms with Gasteiger partial charge in [-0.3, -0.25) is 0 Å². The zero-order valence-corrected chi connectivity index (χ0v) is 12.7. The second kappa shape index (κ2) is 5.66. The van der Waals surface area contributed by atoms with Gasteiger partial charge in [-0.1, -0.05) is 41.9 Å². The molecule has 0 saturated carbocycles. The first-order valence-corrected chi connectivity index (χ1v) is 7.16. The van der Waals surface area contributed by atoms with Crippen LogP contribution < -0.4 is 4.74 Å². The van der Waals surface area contributed by atoms with Crippen molar-refractivity contribution in [3.63, 3.8) is 0 Å². The molecule has 0 radical (unpaired) electrons. The topological polar surface area (TPSA) is 25.0 Å². The SMILES string of the molecule is COc1ccc(-c2cc(-c3ccccc3)c(C)[nH]2)cc1Cl. The number of hydrogen-bond donors (Lipinski definition) is 1. The van der Waals surface area contributed by atoms with E-state index in [0.29, 0.717) is 10.8 Å². The predicted molar refractivity (Wildman–Crippen MR) is 88.0 cm³/mol. The number of methoxy groups -OCH3 is 1. The molecule has 3 heteroatoms. The molecule has 0 unspecified atom stereocenters. The van der Waals surface area contributed by atoms with Crippen molar-refractivity contribution in [2.45, 2.75) is 6.92 Å². The fourth-order valence-electron chi connectivity index (χ4n) is 2.46. The standard InChI is InChI=1S/C18H16ClNO/c1-12-15(13-6-4-3-5-7-13)11-17(20-12)14-8-9-18(21-2)16(19)10-14/h3-11,20H,1-2H3. The van der Waals surface area contributed by atoms with Crippen molar-refractivity contribution in [2.24, 2.45) is 0 Å². The third-order valence-electron chi connectivity index (χ3n) is 3.56. The van der Waals surface area contributed by atoms with Gasteiger partial charge in [0.05, 0.1) is 12.1 Å². The van der Waals surface area contributed by atoms with Gasteiger partial charge in [-0.2, -0.15) is 0 Å². The number of nitrogens with one attached hydrogen (secondary N) is 1. The van der Waals surface area contributed by atoms with E-state index in [4.69, 9.17) is 16.3 Å². The molecule has 0 amide bonds. The number of benzene rings is 2. The van der Waals surface area contributed by atoms with Gasteiger partial charge in [0.25, 0.3) is 0 Å². The summed E-state index contributed by atoms with van der Waals surface area (Å²) in [6.45, 7) is 2.08. The summed E-state index contributed by atoms with van der Waals surface area (Å²) in [6, 6.07) is 18.3. The van der Waals surface area contributed by atoms with Crippen molar-refractivity contribution in [3.8, 4) is 28.1 Å². The maximum atomic E-state index is 6.20. The highest BCUT2D eigenvalue weighted by atomic mass is 35.5. The average molecular weight is 298 g/mol. The van der Waals surface area contributed by atoms with Gasteiger partial charge in [0, 0.05) is 17.0 Å². The summed E-state index contributed by atoms with van der Waals surface area (Å²) >= 11 is 6.20. The van der Waals surface area contributed by atoms with E-state index in [1.807, 2.05) is 36.4 Å². The molecule has 0 aliphatic carbocycles. The molecule has 106 valence electrons. The molecule has 3 rings (SSSR count). The van der Waals surface area contributed by atoms with Crippen LogP contribution in [0.4, 0.5) is 0 Å². The molecule has 0 fully saturated rings. The molecule has 3 aromatic rings. The van der Waals surface area contributed by atoms with Crippen LogP contribution in [-0.4, -0.2) is 12.1 Å². The molecule has 0 spiro atoms. The second-order valence-electron chi connectivity index (χ2n) is 4.94. The van der Waals surface area contributed by atoms with Crippen LogP contribution in [0.1, 0.15) is 5.69 Å². The van der Waals surface area contributed by atoms with Gasteiger partial charge < -0.3 is 9.72 Å². The third-order valence-corrected chi connectivity index (χ3v) is 3.86. The molecule has 0 saturated heterocycles. The highest BCUT2D eigenvalue weighted by Gasteiger charge is 2.10. The lowest BCUT2D eigenvalue weighted by molar-refractivity contribution is 0.415. The van der Waals surface area contributed by atoms with E-state index in [-0.39, 0.29) is 0 Å². The molecule has 2 aromatic carbocycles. The predicted octanol–water partition coefficient (Wildman–Crippen LogP) is 5.32. The highest BCUT2D eigenvalue weighted by Crippen LogP contribution is 2.33. The number of aromatic nitrogens is 1. The Bertz CT molecular complexity index is 762. The quantitative estimate of drug-likeness (QED) is 0.695. The maximum absolute atomic E-state index is 6.20. The van der Waals surface area contributed by atoms with Gasteiger partial charge in [-0.25, -0.2) is 0 Å². The molecular formula is C18H16ClNO. The molecule has 1 N–H and O–H groups in total. The van der Waals surface area contributed by atoms with E-state index in [0.717, 1.165) is 17.0 Å². The first kappa shape index (κ1) is 13.8. The van der Waals surface area contributed by atoms with Crippen molar-refractivity contribution >= 4 is 11.6 Å². The molecular weight excluding hydrogens is 282 g/mol. The molecule has 1 heterocycles. The van der Waals surface area contributed by atoms with Crippen LogP contribution in [-0.2, 0) is 0 Å². The zero-order chi connectivity index (χ0) is 14.8. The normalized spacial score (nSPS) is 10.6. The van der Waals surface area contributed by atoms with Crippen molar-refractivity contribution < 1.29 is 4.74 Å². The minimum atomic E-state index is 0.614. The van der Waals surface area contributed by atoms with E-state index in [1.54, 1.807) is 7.11 Å². The van der Waals surface area contributed by atoms with Crippen LogP contribution in [0.5, 0.6) is 5.75 Å². The van der Waals surface area contributed by atoms with Crippen LogP contribution in [0.3, 0.4) is 0 Å². The Morgan fingerprint density at radius 3 is 2.38 bits per heavy atom. The van der Waals surface area contributed by atoms with Crippen molar-refractivity contribution in [2.75, 3.05) is 7.11 Å². The summed E-state index contributed by atoms with van der Waals surface area (Å²) < 4.78 is 5.19. The number of rotatable bonds is 3. The van der Waals surface area contributed by atoms with Crippen LogP contribution in [0.25, 0.3) is 22.4 Å². The number of hydrogen-bond acceptors (Lipinski definition) is 1. The maximum Gasteiger partial charge on any atom is 0.137 e. The van der Waals surface area contributed by atoms with E-state index in [2.05, 4.69) is 30.1 Å². The van der Waals surface area contributed by atoms with Crippen molar-refractivity contribution in [1.29, 1.82) is 0 Å². The lowest BCUT2D eigenvalue weighted by Crippen LogP contribution is -1.85. The van der Waals surface area contributed by atoms with E-state index < -0.39 is 0 Å². The molecule has 1 aromatic heterocycles. The lowest BCUT2D eigenvalue weighted by Gasteiger charge is -2.04. The second-order valence-corrected chi connectivity index (χ2v) is 5.34. The van der Waals surface area contributed by atoms with Crippen LogP contribution in [0.2, 0.25) is 5.02 Å². The Kier molecular flexibility index (Phi) is 3.72. The first-order valence-electron chi connectivity index (χ1n) is 6.78. The largest absolute Gasteiger partial charge is 0.495 e. The third kappa shape index (κ3) is 2.67. The number of aryl methyl sites for hydroxylation is 1. The fraction of sp³-hybridized carbons (Fsp3) is 0.111. The van der Waals surface area contributed by atoms with Crippen LogP contribution in [0.15, 0.2) is 54.6 Å². The zero-order valence-electron chi connectivity index (χ0n) is 12.0. The Morgan fingerprint density at radius 2 is 1.71 bits per heavy atom. The van der Waals surface area contributed by atoms with E-state index >= 15 is 0 Å². The highest BCUT2D eigenvalue weighted by molar-refractivity contribution is 6.32. The Labute approximate surface area is 129 Å². The number of ether oxygens (including phenoxy) is 1. The molecule has 0 atom stereocenters. The smallest absolute Gasteiger partial charge is 0.137 e. The average Bonchev–Trinajstić information content (AvgIpc) is 2.90. The van der Waals surface area contributed by atoms with Gasteiger partial charge in [0.15, 0.2) is 0 Å². The summed E-state index contributed by atoms with van der Waals surface area (Å²) in [5.74, 6) is 0.687. The molecule has 21 heavy (non-hydrogen) atoms. The fourth-order valence-corrected chi connectivity index (χ4v) is 2.72. The number of halogens is 1. The Balaban J connectivity index is 2.03. The van der Waals surface area contributed by atoms with Gasteiger partial charge in [-0.15, -0.1) is 0 Å². The summed E-state index contributed by atoms with van der Waals surface area (Å²) in [5.41, 5.74) is 5.65. The van der Waals surface area contributed by atoms with Gasteiger partial charge in [-0.05, 0) is 42.3 Å². The first-order chi connectivity index (χ1) is 10.2. The summed E-state index contributed by atoms with van der Waals surface area (Å²) in [6.07, 6.45) is 0. The van der Waals surface area contributed by atoms with Crippen LogP contribution in [0, 0.1) is 6.92 Å². The van der Waals surface area contributed by atoms with Gasteiger partial charge >= 0.3 is 0 Å². The molecule has 2 nitrogen and oxygen atoms in total. The van der Waals surface area contributed by atoms with Crippen LogP contribution >= 0.6 is 11.6 Å². The Hall–Kier alpha value is -2.19. The molecule has 0 aliphatic rings. The molecule has 0 bridgehead atoms. The van der Waals surface area contributed by atoms with Crippen molar-refractivity contribution in [1.82, 2.24) is 4.98 Å². The molecule has 0 aliphatic heterocycles. The van der Waals surface area contributed by atoms with E-state index in [1.165, 1.54) is 11.1 Å². The lowest BCUT2D eigenvalue weighted by atomic mass is 10.1. The summed E-state index contributed by atoms with van der Waals surface area (Å²) in [7, 11) is 1.62. The Morgan fingerprint density at radius 1 is 0.952 bits per heavy atom. The summed E-state index contributed by atoms with van der Waals surface area (Å²) in [5, 5.41) is 0.614.